The Morgan fingerprint density at radius 3 is 2.48 bits per heavy atom. The number of halogens is 1. The van der Waals surface area contributed by atoms with Crippen molar-refractivity contribution in [3.05, 3.63) is 63.7 Å². The van der Waals surface area contributed by atoms with Crippen LogP contribution in [0, 0.1) is 13.8 Å². The topological polar surface area (TPSA) is 58.6 Å². The first-order chi connectivity index (χ1) is 9.99. The zero-order valence-corrected chi connectivity index (χ0v) is 13.5. The van der Waals surface area contributed by atoms with E-state index in [0.717, 1.165) is 10.6 Å². The van der Waals surface area contributed by atoms with E-state index in [9.17, 15) is 0 Å². The van der Waals surface area contributed by atoms with Gasteiger partial charge in [-0.1, -0.05) is 46.1 Å². The summed E-state index contributed by atoms with van der Waals surface area (Å²) in [5.41, 5.74) is 10.1. The minimum Gasteiger partial charge on any atom is -0.409 e. The number of rotatable bonds is 4. The van der Waals surface area contributed by atoms with Crippen molar-refractivity contribution in [2.24, 2.45) is 10.9 Å². The van der Waals surface area contributed by atoms with Gasteiger partial charge < -0.3 is 10.9 Å². The molecule has 5 heteroatoms. The number of hydrogen-bond donors (Lipinski definition) is 2. The lowest BCUT2D eigenvalue weighted by Crippen LogP contribution is -2.14. The van der Waals surface area contributed by atoms with Gasteiger partial charge in [-0.05, 0) is 37.6 Å². The highest BCUT2D eigenvalue weighted by Gasteiger charge is 2.09. The molecule has 2 aromatic carbocycles. The van der Waals surface area contributed by atoms with Gasteiger partial charge in [0, 0.05) is 21.2 Å². The van der Waals surface area contributed by atoms with Crippen molar-refractivity contribution < 1.29 is 5.21 Å². The number of oxime groups is 1. The molecule has 0 saturated heterocycles. The van der Waals surface area contributed by atoms with Crippen LogP contribution in [0.4, 0.5) is 0 Å². The maximum absolute atomic E-state index is 8.87. The van der Waals surface area contributed by atoms with Crippen LogP contribution in [-0.4, -0.2) is 11.0 Å². The highest BCUT2D eigenvalue weighted by Crippen LogP contribution is 2.29. The summed E-state index contributed by atoms with van der Waals surface area (Å²) >= 11 is 7.61. The van der Waals surface area contributed by atoms with E-state index in [4.69, 9.17) is 22.5 Å². The Bertz CT molecular complexity index is 666. The van der Waals surface area contributed by atoms with E-state index >= 15 is 0 Å². The zero-order valence-electron chi connectivity index (χ0n) is 11.9. The number of aryl methyl sites for hydroxylation is 2. The quantitative estimate of drug-likeness (QED) is 0.289. The molecule has 0 aliphatic carbocycles. The first kappa shape index (κ1) is 15.7. The van der Waals surface area contributed by atoms with Gasteiger partial charge in [0.1, 0.15) is 0 Å². The molecular formula is C16H17ClN2OS. The van der Waals surface area contributed by atoms with Crippen molar-refractivity contribution in [2.75, 3.05) is 0 Å². The number of thioether (sulfide) groups is 1. The lowest BCUT2D eigenvalue weighted by atomic mass is 10.1. The van der Waals surface area contributed by atoms with Crippen LogP contribution in [0.25, 0.3) is 0 Å². The van der Waals surface area contributed by atoms with Gasteiger partial charge in [0.25, 0.3) is 0 Å². The van der Waals surface area contributed by atoms with Gasteiger partial charge in [0.05, 0.1) is 0 Å². The Balaban J connectivity index is 2.23. The van der Waals surface area contributed by atoms with E-state index in [2.05, 4.69) is 37.2 Å². The summed E-state index contributed by atoms with van der Waals surface area (Å²) in [7, 11) is 0. The molecule has 0 unspecified atom stereocenters. The minimum absolute atomic E-state index is 0.0698. The van der Waals surface area contributed by atoms with E-state index in [0.29, 0.717) is 10.6 Å². The molecule has 3 nitrogen and oxygen atoms in total. The molecule has 0 aromatic heterocycles. The summed E-state index contributed by atoms with van der Waals surface area (Å²) in [4.78, 5) is 0.939. The van der Waals surface area contributed by atoms with Gasteiger partial charge in [-0.25, -0.2) is 0 Å². The van der Waals surface area contributed by atoms with Gasteiger partial charge in [0.15, 0.2) is 5.84 Å². The third-order valence-corrected chi connectivity index (χ3v) is 4.38. The molecule has 0 spiro atoms. The maximum atomic E-state index is 8.87. The summed E-state index contributed by atoms with van der Waals surface area (Å²) in [6, 6.07) is 11.9. The van der Waals surface area contributed by atoms with Crippen LogP contribution >= 0.6 is 23.4 Å². The highest BCUT2D eigenvalue weighted by molar-refractivity contribution is 7.98. The summed E-state index contributed by atoms with van der Waals surface area (Å²) in [5.74, 6) is 0.885. The lowest BCUT2D eigenvalue weighted by molar-refractivity contribution is 0.318. The van der Waals surface area contributed by atoms with Crippen molar-refractivity contribution in [2.45, 2.75) is 24.5 Å². The molecule has 0 atom stereocenters. The standard InChI is InChI=1S/C16H17ClN2OS/c1-10-5-11(2)7-12(6-10)9-21-15-4-3-13(17)8-14(15)16(18)19-20/h3-8,20H,9H2,1-2H3,(H2,18,19). The Kier molecular flexibility index (Phi) is 5.15. The van der Waals surface area contributed by atoms with Crippen molar-refractivity contribution in [1.29, 1.82) is 0 Å². The summed E-state index contributed by atoms with van der Waals surface area (Å²) in [6.45, 7) is 4.18. The third kappa shape index (κ3) is 4.16. The average Bonchev–Trinajstić information content (AvgIpc) is 2.44. The molecule has 2 aromatic rings. The minimum atomic E-state index is 0.0698. The fourth-order valence-corrected chi connectivity index (χ4v) is 3.34. The van der Waals surface area contributed by atoms with E-state index in [1.54, 1.807) is 23.9 Å². The van der Waals surface area contributed by atoms with Crippen LogP contribution in [-0.2, 0) is 5.75 Å². The molecule has 0 heterocycles. The first-order valence-electron chi connectivity index (χ1n) is 6.47. The molecule has 0 aliphatic heterocycles. The number of nitrogens with zero attached hydrogens (tertiary/aromatic N) is 1. The monoisotopic (exact) mass is 320 g/mol. The number of benzene rings is 2. The second kappa shape index (κ2) is 6.87. The smallest absolute Gasteiger partial charge is 0.171 e. The maximum Gasteiger partial charge on any atom is 0.171 e. The molecule has 0 radical (unpaired) electrons. The fourth-order valence-electron chi connectivity index (χ4n) is 2.20. The van der Waals surface area contributed by atoms with E-state index in [-0.39, 0.29) is 5.84 Å². The zero-order chi connectivity index (χ0) is 15.4. The van der Waals surface area contributed by atoms with Crippen molar-refractivity contribution >= 4 is 29.2 Å². The van der Waals surface area contributed by atoms with Crippen LogP contribution in [0.15, 0.2) is 46.4 Å². The highest BCUT2D eigenvalue weighted by atomic mass is 35.5. The third-order valence-electron chi connectivity index (χ3n) is 3.00. The Morgan fingerprint density at radius 1 is 1.19 bits per heavy atom. The molecule has 2 rings (SSSR count). The van der Waals surface area contributed by atoms with Gasteiger partial charge in [-0.15, -0.1) is 11.8 Å². The van der Waals surface area contributed by atoms with Crippen LogP contribution in [0.5, 0.6) is 0 Å². The molecule has 3 N–H and O–H groups in total. The molecule has 0 bridgehead atoms. The lowest BCUT2D eigenvalue weighted by Gasteiger charge is -2.09. The van der Waals surface area contributed by atoms with Gasteiger partial charge in [0.2, 0.25) is 0 Å². The van der Waals surface area contributed by atoms with Crippen molar-refractivity contribution in [3.8, 4) is 0 Å². The molecule has 0 aliphatic rings. The van der Waals surface area contributed by atoms with Crippen LogP contribution < -0.4 is 5.73 Å². The largest absolute Gasteiger partial charge is 0.409 e. The molecule has 0 saturated carbocycles. The number of amidine groups is 1. The van der Waals surface area contributed by atoms with Crippen LogP contribution in [0.3, 0.4) is 0 Å². The number of nitrogens with two attached hydrogens (primary N) is 1. The van der Waals surface area contributed by atoms with Gasteiger partial charge in [-0.3, -0.25) is 0 Å². The van der Waals surface area contributed by atoms with E-state index < -0.39 is 0 Å². The summed E-state index contributed by atoms with van der Waals surface area (Å²) in [6.07, 6.45) is 0. The van der Waals surface area contributed by atoms with Gasteiger partial charge >= 0.3 is 0 Å². The second-order valence-electron chi connectivity index (χ2n) is 4.91. The average molecular weight is 321 g/mol. The Labute approximate surface area is 133 Å². The first-order valence-corrected chi connectivity index (χ1v) is 7.83. The summed E-state index contributed by atoms with van der Waals surface area (Å²) < 4.78 is 0. The van der Waals surface area contributed by atoms with Crippen molar-refractivity contribution in [3.63, 3.8) is 0 Å². The Morgan fingerprint density at radius 2 is 1.86 bits per heavy atom. The van der Waals surface area contributed by atoms with Crippen LogP contribution in [0.2, 0.25) is 5.02 Å². The van der Waals surface area contributed by atoms with E-state index in [1.807, 2.05) is 6.07 Å². The number of hydrogen-bond acceptors (Lipinski definition) is 3. The summed E-state index contributed by atoms with van der Waals surface area (Å²) in [5, 5.41) is 12.5. The fraction of sp³-hybridized carbons (Fsp3) is 0.188. The van der Waals surface area contributed by atoms with Crippen molar-refractivity contribution in [1.82, 2.24) is 0 Å². The SMILES string of the molecule is Cc1cc(C)cc(CSc2ccc(Cl)cc2/C(N)=N/O)c1. The predicted molar refractivity (Wildman–Crippen MR) is 89.4 cm³/mol. The normalized spacial score (nSPS) is 11.7. The predicted octanol–water partition coefficient (Wildman–Crippen LogP) is 4.34. The van der Waals surface area contributed by atoms with Crippen LogP contribution in [0.1, 0.15) is 22.3 Å². The van der Waals surface area contributed by atoms with Gasteiger partial charge in [-0.2, -0.15) is 0 Å². The second-order valence-corrected chi connectivity index (χ2v) is 6.36. The molecule has 0 amide bonds. The molecule has 21 heavy (non-hydrogen) atoms. The van der Waals surface area contributed by atoms with E-state index in [1.165, 1.54) is 16.7 Å². The molecule has 0 fully saturated rings. The molecular weight excluding hydrogens is 304 g/mol. The molecule has 110 valence electrons. The Hall–Kier alpha value is -1.65.